The third-order valence-electron chi connectivity index (χ3n) is 3.72. The van der Waals surface area contributed by atoms with Gasteiger partial charge in [0.15, 0.2) is 5.60 Å². The van der Waals surface area contributed by atoms with Crippen LogP contribution in [0.15, 0.2) is 18.2 Å². The minimum atomic E-state index is -2.84. The first-order chi connectivity index (χ1) is 9.78. The highest BCUT2D eigenvalue weighted by Gasteiger charge is 2.50. The average molecular weight is 299 g/mol. The van der Waals surface area contributed by atoms with Crippen molar-refractivity contribution in [3.63, 3.8) is 0 Å². The summed E-state index contributed by atoms with van der Waals surface area (Å²) in [4.78, 5) is 13.5. The predicted octanol–water partition coefficient (Wildman–Crippen LogP) is 2.27. The quantitative estimate of drug-likeness (QED) is 0.928. The number of likely N-dealkylation sites (tertiary alicyclic amines) is 1. The fraction of sp³-hybridized carbons (Fsp3) is 0.533. The Morgan fingerprint density at radius 1 is 1.38 bits per heavy atom. The molecule has 6 heteroatoms. The van der Waals surface area contributed by atoms with Crippen LogP contribution in [0.2, 0.25) is 0 Å². The van der Waals surface area contributed by atoms with E-state index < -0.39 is 12.0 Å². The lowest BCUT2D eigenvalue weighted by molar-refractivity contribution is -0.166. The predicted molar refractivity (Wildman–Crippen MR) is 73.9 cm³/mol. The average Bonchev–Trinajstić information content (AvgIpc) is 2.42. The molecule has 0 aromatic heterocycles. The van der Waals surface area contributed by atoms with Crippen LogP contribution in [0.25, 0.3) is 0 Å². The highest BCUT2D eigenvalue weighted by Crippen LogP contribution is 2.31. The summed E-state index contributed by atoms with van der Waals surface area (Å²) < 4.78 is 30.4. The van der Waals surface area contributed by atoms with Crippen molar-refractivity contribution in [3.05, 3.63) is 29.3 Å². The number of amides is 1. The summed E-state index contributed by atoms with van der Waals surface area (Å²) >= 11 is 0. The Morgan fingerprint density at radius 3 is 2.48 bits per heavy atom. The van der Waals surface area contributed by atoms with Gasteiger partial charge in [0.2, 0.25) is 0 Å². The number of hydrogen-bond acceptors (Lipinski definition) is 3. The molecule has 1 amide bonds. The molecule has 0 radical (unpaired) electrons. The lowest BCUT2D eigenvalue weighted by Gasteiger charge is -2.45. The maximum absolute atomic E-state index is 12.6. The van der Waals surface area contributed by atoms with Gasteiger partial charge in [-0.05, 0) is 29.7 Å². The molecule has 2 rings (SSSR count). The Bertz CT molecular complexity index is 540. The lowest BCUT2D eigenvalue weighted by Crippen LogP contribution is -2.67. The molecule has 1 aliphatic rings. The number of hydrogen-bond donors (Lipinski definition) is 1. The maximum atomic E-state index is 12.6. The van der Waals surface area contributed by atoms with Crippen LogP contribution in [-0.4, -0.2) is 48.1 Å². The number of rotatable bonds is 4. The number of benzene rings is 1. The van der Waals surface area contributed by atoms with Crippen LogP contribution in [0.5, 0.6) is 5.75 Å². The summed E-state index contributed by atoms with van der Waals surface area (Å²) in [7, 11) is 1.56. The van der Waals surface area contributed by atoms with Crippen LogP contribution >= 0.6 is 0 Å². The van der Waals surface area contributed by atoms with Gasteiger partial charge < -0.3 is 14.7 Å². The van der Waals surface area contributed by atoms with Crippen molar-refractivity contribution in [1.29, 1.82) is 0 Å². The van der Waals surface area contributed by atoms with E-state index in [0.717, 1.165) is 5.56 Å². The van der Waals surface area contributed by atoms with E-state index in [9.17, 15) is 18.7 Å². The molecule has 0 atom stereocenters. The number of methoxy groups -OCH3 is 1. The van der Waals surface area contributed by atoms with Gasteiger partial charge in [0, 0.05) is 5.56 Å². The molecule has 0 unspecified atom stereocenters. The van der Waals surface area contributed by atoms with E-state index in [2.05, 4.69) is 0 Å². The number of alkyl halides is 2. The smallest absolute Gasteiger partial charge is 0.270 e. The first-order valence-electron chi connectivity index (χ1n) is 6.76. The normalized spacial score (nSPS) is 17.0. The van der Waals surface area contributed by atoms with Crippen molar-refractivity contribution in [2.75, 3.05) is 20.2 Å². The van der Waals surface area contributed by atoms with E-state index >= 15 is 0 Å². The van der Waals surface area contributed by atoms with Gasteiger partial charge in [0.1, 0.15) is 5.75 Å². The molecule has 21 heavy (non-hydrogen) atoms. The van der Waals surface area contributed by atoms with Gasteiger partial charge in [-0.15, -0.1) is 0 Å². The molecule has 0 spiro atoms. The molecule has 0 saturated carbocycles. The van der Waals surface area contributed by atoms with E-state index in [1.54, 1.807) is 25.3 Å². The van der Waals surface area contributed by atoms with Gasteiger partial charge in [-0.1, -0.05) is 13.8 Å². The molecule has 1 fully saturated rings. The fourth-order valence-corrected chi connectivity index (χ4v) is 2.40. The van der Waals surface area contributed by atoms with Crippen molar-refractivity contribution in [2.45, 2.75) is 31.8 Å². The molecular formula is C15H19F2NO3. The molecule has 1 aliphatic heterocycles. The molecule has 0 aliphatic carbocycles. The van der Waals surface area contributed by atoms with E-state index in [-0.39, 0.29) is 24.9 Å². The van der Waals surface area contributed by atoms with Gasteiger partial charge in [-0.3, -0.25) is 4.79 Å². The fourth-order valence-electron chi connectivity index (χ4n) is 2.40. The summed E-state index contributed by atoms with van der Waals surface area (Å²) in [6.07, 6.45) is -2.84. The zero-order valence-corrected chi connectivity index (χ0v) is 12.3. The summed E-state index contributed by atoms with van der Waals surface area (Å²) in [5.41, 5.74) is -0.771. The second-order valence-corrected chi connectivity index (χ2v) is 5.68. The van der Waals surface area contributed by atoms with Gasteiger partial charge in [0.05, 0.1) is 20.2 Å². The van der Waals surface area contributed by atoms with Crippen LogP contribution in [0.3, 0.4) is 0 Å². The Morgan fingerprint density at radius 2 is 2.00 bits per heavy atom. The summed E-state index contributed by atoms with van der Waals surface area (Å²) in [6, 6.07) is 5.01. The molecule has 116 valence electrons. The number of aliphatic hydroxyl groups is 1. The zero-order chi connectivity index (χ0) is 15.8. The SMILES string of the molecule is COc1ccc(C(=O)N2CC(O)(C(F)F)C2)cc1C(C)C. The van der Waals surface area contributed by atoms with Crippen LogP contribution in [0, 0.1) is 0 Å². The van der Waals surface area contributed by atoms with Crippen molar-refractivity contribution in [1.82, 2.24) is 4.90 Å². The second-order valence-electron chi connectivity index (χ2n) is 5.68. The standard InChI is InChI=1S/C15H19F2NO3/c1-9(2)11-6-10(4-5-12(11)21-3)13(19)18-7-15(20,8-18)14(16)17/h4-6,9,14,20H,7-8H2,1-3H3. The van der Waals surface area contributed by atoms with Crippen molar-refractivity contribution in [3.8, 4) is 5.75 Å². The number of carbonyl (C=O) groups is 1. The molecule has 1 aromatic carbocycles. The Kier molecular flexibility index (Phi) is 4.18. The second kappa shape index (κ2) is 5.60. The lowest BCUT2D eigenvalue weighted by atomic mass is 9.93. The molecule has 1 aromatic rings. The largest absolute Gasteiger partial charge is 0.496 e. The minimum Gasteiger partial charge on any atom is -0.496 e. The Labute approximate surface area is 122 Å². The maximum Gasteiger partial charge on any atom is 0.270 e. The highest BCUT2D eigenvalue weighted by atomic mass is 19.3. The van der Waals surface area contributed by atoms with E-state index in [1.165, 1.54) is 4.90 Å². The topological polar surface area (TPSA) is 49.8 Å². The molecule has 0 bridgehead atoms. The van der Waals surface area contributed by atoms with Crippen LogP contribution < -0.4 is 4.74 Å². The van der Waals surface area contributed by atoms with Crippen LogP contribution in [0.4, 0.5) is 8.78 Å². The van der Waals surface area contributed by atoms with Crippen molar-refractivity contribution >= 4 is 5.91 Å². The first kappa shape index (κ1) is 15.7. The van der Waals surface area contributed by atoms with Gasteiger partial charge in [0.25, 0.3) is 12.3 Å². The molecule has 1 saturated heterocycles. The molecule has 1 heterocycles. The van der Waals surface area contributed by atoms with Crippen LogP contribution in [-0.2, 0) is 0 Å². The van der Waals surface area contributed by atoms with E-state index in [4.69, 9.17) is 4.74 Å². The zero-order valence-electron chi connectivity index (χ0n) is 12.3. The third-order valence-corrected chi connectivity index (χ3v) is 3.72. The van der Waals surface area contributed by atoms with Crippen LogP contribution in [0.1, 0.15) is 35.7 Å². The first-order valence-corrected chi connectivity index (χ1v) is 6.76. The minimum absolute atomic E-state index is 0.169. The summed E-state index contributed by atoms with van der Waals surface area (Å²) in [5, 5.41) is 9.51. The number of halogens is 2. The molecular weight excluding hydrogens is 280 g/mol. The molecule has 4 nitrogen and oxygen atoms in total. The van der Waals surface area contributed by atoms with Gasteiger partial charge in [-0.2, -0.15) is 0 Å². The van der Waals surface area contributed by atoms with Gasteiger partial charge >= 0.3 is 0 Å². The molecule has 1 N–H and O–H groups in total. The summed E-state index contributed by atoms with van der Waals surface area (Å²) in [6.45, 7) is 3.27. The van der Waals surface area contributed by atoms with E-state index in [1.807, 2.05) is 13.8 Å². The Hall–Kier alpha value is -1.69. The summed E-state index contributed by atoms with van der Waals surface area (Å²) in [5.74, 6) is 0.501. The Balaban J connectivity index is 2.16. The highest BCUT2D eigenvalue weighted by molar-refractivity contribution is 5.95. The monoisotopic (exact) mass is 299 g/mol. The van der Waals surface area contributed by atoms with Crippen molar-refractivity contribution < 1.29 is 23.4 Å². The van der Waals surface area contributed by atoms with Crippen molar-refractivity contribution in [2.24, 2.45) is 0 Å². The van der Waals surface area contributed by atoms with E-state index in [0.29, 0.717) is 11.3 Å². The number of ether oxygens (including phenoxy) is 1. The third kappa shape index (κ3) is 2.85. The number of nitrogens with zero attached hydrogens (tertiary/aromatic N) is 1. The number of β-amino-alcohol motifs (C(OH)–C–C–N with tert-alkyl or cyclic N) is 1. The number of carbonyl (C=O) groups excluding carboxylic acids is 1. The van der Waals surface area contributed by atoms with Gasteiger partial charge in [-0.25, -0.2) is 8.78 Å².